The Labute approximate surface area is 211 Å². The zero-order chi connectivity index (χ0) is 25.0. The van der Waals surface area contributed by atoms with E-state index >= 15 is 0 Å². The Hall–Kier alpha value is -3.09. The van der Waals surface area contributed by atoms with Crippen LogP contribution in [0.25, 0.3) is 11.1 Å². The summed E-state index contributed by atoms with van der Waals surface area (Å²) in [4.78, 5) is 11.4. The molecule has 2 heterocycles. The molecule has 0 amide bonds. The Balaban J connectivity index is 1.20. The lowest BCUT2D eigenvalue weighted by molar-refractivity contribution is -0.137. The van der Waals surface area contributed by atoms with Gasteiger partial charge >= 0.3 is 6.18 Å². The Kier molecular flexibility index (Phi) is 7.44. The summed E-state index contributed by atoms with van der Waals surface area (Å²) < 4.78 is 38.8. The normalized spacial score (nSPS) is 22.9. The number of anilines is 2. The fourth-order valence-corrected chi connectivity index (χ4v) is 5.81. The molecule has 190 valence electrons. The van der Waals surface area contributed by atoms with Crippen LogP contribution in [0, 0.1) is 11.8 Å². The molecule has 2 aromatic carbocycles. The summed E-state index contributed by atoms with van der Waals surface area (Å²) in [7, 11) is 0. The standard InChI is InChI=1S/C29H33F3N4/c30-29(31,32)25-12-14-26(15-13-25)36-16-6-7-21(20-36)17-23-10-4-5-11-27(23)35-28-33-18-24(19-34-28)22-8-2-1-3-9-22/h1-3,8-9,12-15,18-19,21,23,27H,4-7,10-11,16-17,20H2,(H,33,34,35)/t21-,23+,27-/m1/s1. The molecule has 0 unspecified atom stereocenters. The van der Waals surface area contributed by atoms with Crippen molar-refractivity contribution in [2.75, 3.05) is 23.3 Å². The Morgan fingerprint density at radius 3 is 2.28 bits per heavy atom. The number of hydrogen-bond acceptors (Lipinski definition) is 4. The molecule has 0 bridgehead atoms. The molecule has 1 N–H and O–H groups in total. The third-order valence-corrected chi connectivity index (χ3v) is 7.70. The van der Waals surface area contributed by atoms with Crippen molar-refractivity contribution in [3.05, 3.63) is 72.6 Å². The van der Waals surface area contributed by atoms with E-state index in [-0.39, 0.29) is 0 Å². The molecule has 1 aliphatic heterocycles. The van der Waals surface area contributed by atoms with Gasteiger partial charge in [0.25, 0.3) is 0 Å². The highest BCUT2D eigenvalue weighted by molar-refractivity contribution is 5.61. The first-order valence-electron chi connectivity index (χ1n) is 13.0. The lowest BCUT2D eigenvalue weighted by atomic mass is 9.77. The second-order valence-corrected chi connectivity index (χ2v) is 10.2. The van der Waals surface area contributed by atoms with Gasteiger partial charge in [0.15, 0.2) is 0 Å². The van der Waals surface area contributed by atoms with Gasteiger partial charge in [0.1, 0.15) is 0 Å². The van der Waals surface area contributed by atoms with E-state index in [1.165, 1.54) is 37.8 Å². The van der Waals surface area contributed by atoms with Crippen LogP contribution in [0.4, 0.5) is 24.8 Å². The van der Waals surface area contributed by atoms with E-state index in [1.807, 2.05) is 30.6 Å². The fraction of sp³-hybridized carbons (Fsp3) is 0.448. The lowest BCUT2D eigenvalue weighted by Gasteiger charge is -2.39. The first-order chi connectivity index (χ1) is 17.5. The molecule has 3 aromatic rings. The highest BCUT2D eigenvalue weighted by Gasteiger charge is 2.32. The molecular formula is C29H33F3N4. The van der Waals surface area contributed by atoms with Gasteiger partial charge in [-0.1, -0.05) is 43.2 Å². The number of aromatic nitrogens is 2. The highest BCUT2D eigenvalue weighted by Crippen LogP contribution is 2.36. The maximum Gasteiger partial charge on any atom is 0.416 e. The molecular weight excluding hydrogens is 461 g/mol. The Morgan fingerprint density at radius 2 is 1.56 bits per heavy atom. The van der Waals surface area contributed by atoms with Crippen molar-refractivity contribution < 1.29 is 13.2 Å². The lowest BCUT2D eigenvalue weighted by Crippen LogP contribution is -2.39. The summed E-state index contributed by atoms with van der Waals surface area (Å²) in [5.41, 5.74) is 2.41. The topological polar surface area (TPSA) is 41.0 Å². The number of nitrogens with zero attached hydrogens (tertiary/aromatic N) is 3. The molecule has 7 heteroatoms. The molecule has 0 radical (unpaired) electrons. The van der Waals surface area contributed by atoms with E-state index in [1.54, 1.807) is 12.1 Å². The number of rotatable bonds is 6. The summed E-state index contributed by atoms with van der Waals surface area (Å²) in [6.07, 6.45) is 7.58. The third-order valence-electron chi connectivity index (χ3n) is 7.70. The van der Waals surface area contributed by atoms with Gasteiger partial charge in [0.2, 0.25) is 5.95 Å². The zero-order valence-electron chi connectivity index (χ0n) is 20.4. The van der Waals surface area contributed by atoms with Gasteiger partial charge in [-0.05, 0) is 73.8 Å². The van der Waals surface area contributed by atoms with E-state index < -0.39 is 11.7 Å². The molecule has 0 spiro atoms. The van der Waals surface area contributed by atoms with Crippen molar-refractivity contribution in [2.24, 2.45) is 11.8 Å². The van der Waals surface area contributed by atoms with Crippen LogP contribution in [0.1, 0.15) is 50.5 Å². The predicted octanol–water partition coefficient (Wildman–Crippen LogP) is 7.44. The highest BCUT2D eigenvalue weighted by atomic mass is 19.4. The summed E-state index contributed by atoms with van der Waals surface area (Å²) in [5, 5.41) is 3.62. The average molecular weight is 495 g/mol. The van der Waals surface area contributed by atoms with Crippen LogP contribution >= 0.6 is 0 Å². The van der Waals surface area contributed by atoms with E-state index in [0.29, 0.717) is 23.8 Å². The molecule has 36 heavy (non-hydrogen) atoms. The van der Waals surface area contributed by atoms with Crippen molar-refractivity contribution in [1.29, 1.82) is 0 Å². The van der Waals surface area contributed by atoms with Crippen molar-refractivity contribution in [3.8, 4) is 11.1 Å². The minimum atomic E-state index is -4.29. The maximum atomic E-state index is 12.9. The SMILES string of the molecule is FC(F)(F)c1ccc(N2CCC[C@H](C[C@@H]3CCCC[C@H]3Nc3ncc(-c4ccccc4)cn3)C2)cc1. The molecule has 1 aliphatic carbocycles. The van der Waals surface area contributed by atoms with E-state index in [9.17, 15) is 13.2 Å². The first-order valence-corrected chi connectivity index (χ1v) is 13.0. The first kappa shape index (κ1) is 24.6. The monoisotopic (exact) mass is 494 g/mol. The molecule has 4 nitrogen and oxygen atoms in total. The van der Waals surface area contributed by atoms with E-state index in [4.69, 9.17) is 0 Å². The van der Waals surface area contributed by atoms with Crippen LogP contribution < -0.4 is 10.2 Å². The smallest absolute Gasteiger partial charge is 0.371 e. The van der Waals surface area contributed by atoms with Crippen molar-refractivity contribution >= 4 is 11.6 Å². The maximum absolute atomic E-state index is 12.9. The molecule has 1 saturated carbocycles. The van der Waals surface area contributed by atoms with Crippen LogP contribution in [0.2, 0.25) is 0 Å². The van der Waals surface area contributed by atoms with Gasteiger partial charge in [-0.15, -0.1) is 0 Å². The van der Waals surface area contributed by atoms with Crippen LogP contribution in [-0.2, 0) is 6.18 Å². The largest absolute Gasteiger partial charge is 0.416 e. The van der Waals surface area contributed by atoms with Crippen LogP contribution in [0.5, 0.6) is 0 Å². The molecule has 1 aromatic heterocycles. The summed E-state index contributed by atoms with van der Waals surface area (Å²) in [5.74, 6) is 1.77. The van der Waals surface area contributed by atoms with Crippen molar-refractivity contribution in [3.63, 3.8) is 0 Å². The van der Waals surface area contributed by atoms with Gasteiger partial charge in [-0.3, -0.25) is 0 Å². The van der Waals surface area contributed by atoms with Gasteiger partial charge in [0.05, 0.1) is 5.56 Å². The second kappa shape index (κ2) is 10.9. The zero-order valence-corrected chi connectivity index (χ0v) is 20.4. The number of benzene rings is 2. The number of hydrogen-bond donors (Lipinski definition) is 1. The van der Waals surface area contributed by atoms with Gasteiger partial charge < -0.3 is 10.2 Å². The average Bonchev–Trinajstić information content (AvgIpc) is 2.90. The van der Waals surface area contributed by atoms with E-state index in [2.05, 4.69) is 32.3 Å². The summed E-state index contributed by atoms with van der Waals surface area (Å²) >= 11 is 0. The fourth-order valence-electron chi connectivity index (χ4n) is 5.81. The number of alkyl halides is 3. The third kappa shape index (κ3) is 6.00. The predicted molar refractivity (Wildman–Crippen MR) is 138 cm³/mol. The van der Waals surface area contributed by atoms with E-state index in [0.717, 1.165) is 49.2 Å². The number of halogens is 3. The minimum Gasteiger partial charge on any atom is -0.371 e. The summed E-state index contributed by atoms with van der Waals surface area (Å²) in [6.45, 7) is 1.80. The minimum absolute atomic E-state index is 0.350. The molecule has 2 fully saturated rings. The van der Waals surface area contributed by atoms with Crippen molar-refractivity contribution in [2.45, 2.75) is 57.2 Å². The Morgan fingerprint density at radius 1 is 0.833 bits per heavy atom. The van der Waals surface area contributed by atoms with Crippen LogP contribution in [0.3, 0.4) is 0 Å². The second-order valence-electron chi connectivity index (χ2n) is 10.2. The molecule has 1 saturated heterocycles. The quantitative estimate of drug-likeness (QED) is 0.387. The Bertz CT molecular complexity index is 1100. The molecule has 2 aliphatic rings. The van der Waals surface area contributed by atoms with Crippen molar-refractivity contribution in [1.82, 2.24) is 9.97 Å². The van der Waals surface area contributed by atoms with Gasteiger partial charge in [-0.25, -0.2) is 9.97 Å². The van der Waals surface area contributed by atoms with Crippen LogP contribution in [0.15, 0.2) is 67.0 Å². The van der Waals surface area contributed by atoms with Gasteiger partial charge in [0, 0.05) is 42.8 Å². The van der Waals surface area contributed by atoms with Crippen LogP contribution in [-0.4, -0.2) is 29.1 Å². The molecule has 5 rings (SSSR count). The number of nitrogens with one attached hydrogen (secondary N) is 1. The molecule has 3 atom stereocenters. The van der Waals surface area contributed by atoms with Gasteiger partial charge in [-0.2, -0.15) is 13.2 Å². The summed E-state index contributed by atoms with van der Waals surface area (Å²) in [6, 6.07) is 16.1. The number of piperidine rings is 1.